The van der Waals surface area contributed by atoms with E-state index in [1.165, 1.54) is 24.2 Å². The summed E-state index contributed by atoms with van der Waals surface area (Å²) < 4.78 is 7.21. The van der Waals surface area contributed by atoms with Crippen molar-refractivity contribution >= 4 is 44.4 Å². The fourth-order valence-corrected chi connectivity index (χ4v) is 7.73. The van der Waals surface area contributed by atoms with E-state index in [0.29, 0.717) is 48.2 Å². The van der Waals surface area contributed by atoms with Crippen molar-refractivity contribution in [1.29, 1.82) is 0 Å². The van der Waals surface area contributed by atoms with Gasteiger partial charge in [-0.05, 0) is 117 Å². The maximum atomic E-state index is 13.5. The van der Waals surface area contributed by atoms with Crippen LogP contribution in [0.4, 0.5) is 10.9 Å². The van der Waals surface area contributed by atoms with Gasteiger partial charge in [0.25, 0.3) is 5.91 Å². The maximum absolute atomic E-state index is 13.5. The van der Waals surface area contributed by atoms with E-state index in [4.69, 9.17) is 4.74 Å². The highest BCUT2D eigenvalue weighted by Gasteiger charge is 2.25. The SMILES string of the molecule is Cc1c(OCCCC2CCNCC2)cccc1-c1ccc(N2CCc3cccc(C(=O)Nc4nc5ccccc5s4)c3C2)nc1C(=O)O. The quantitative estimate of drug-likeness (QED) is 0.133. The minimum Gasteiger partial charge on any atom is -0.493 e. The minimum atomic E-state index is -1.09. The smallest absolute Gasteiger partial charge is 0.355 e. The number of carboxylic acid groups (broad SMARTS) is 1. The summed E-state index contributed by atoms with van der Waals surface area (Å²) in [6.45, 7) is 5.89. The van der Waals surface area contributed by atoms with Crippen LogP contribution in [0.15, 0.2) is 72.8 Å². The lowest BCUT2D eigenvalue weighted by atomic mass is 9.93. The number of para-hydroxylation sites is 1. The van der Waals surface area contributed by atoms with Gasteiger partial charge in [0, 0.05) is 24.2 Å². The summed E-state index contributed by atoms with van der Waals surface area (Å²) >= 11 is 1.44. The van der Waals surface area contributed by atoms with Crippen LogP contribution in [-0.4, -0.2) is 53.2 Å². The van der Waals surface area contributed by atoms with E-state index in [9.17, 15) is 14.7 Å². The molecule has 0 spiro atoms. The Kier molecular flexibility index (Phi) is 9.36. The van der Waals surface area contributed by atoms with Crippen molar-refractivity contribution in [1.82, 2.24) is 15.3 Å². The zero-order valence-corrected chi connectivity index (χ0v) is 27.8. The highest BCUT2D eigenvalue weighted by Crippen LogP contribution is 2.35. The standard InChI is InChI=1S/C38H39N5O4S/c1-24-27(9-5-12-32(24)47-22-6-7-25-16-19-39-20-17-25)28-14-15-34(41-35(28)37(45)46)43-21-18-26-8-4-10-29(30(26)23-43)36(44)42-38-40-31-11-2-3-13-33(31)48-38/h2-5,8-15,25,39H,6-7,16-23H2,1H3,(H,45,46)(H,40,42,44). The van der Waals surface area contributed by atoms with Crippen LogP contribution in [-0.2, 0) is 13.0 Å². The third kappa shape index (κ3) is 6.77. The van der Waals surface area contributed by atoms with E-state index in [2.05, 4.69) is 20.6 Å². The Morgan fingerprint density at radius 3 is 2.67 bits per heavy atom. The van der Waals surface area contributed by atoms with Gasteiger partial charge in [-0.25, -0.2) is 14.8 Å². The summed E-state index contributed by atoms with van der Waals surface area (Å²) in [4.78, 5) is 37.4. The van der Waals surface area contributed by atoms with Crippen LogP contribution in [0, 0.1) is 12.8 Å². The van der Waals surface area contributed by atoms with Crippen molar-refractivity contribution in [3.63, 3.8) is 0 Å². The monoisotopic (exact) mass is 661 g/mol. The lowest BCUT2D eigenvalue weighted by molar-refractivity contribution is 0.0691. The van der Waals surface area contributed by atoms with Crippen LogP contribution in [0.5, 0.6) is 5.75 Å². The van der Waals surface area contributed by atoms with E-state index in [1.54, 1.807) is 0 Å². The van der Waals surface area contributed by atoms with E-state index in [-0.39, 0.29) is 11.6 Å². The Hall–Kier alpha value is -4.80. The molecule has 48 heavy (non-hydrogen) atoms. The van der Waals surface area contributed by atoms with E-state index < -0.39 is 5.97 Å². The fraction of sp³-hybridized carbons (Fsp3) is 0.316. The molecule has 0 atom stereocenters. The molecular weight excluding hydrogens is 623 g/mol. The van der Waals surface area contributed by atoms with Gasteiger partial charge in [0.15, 0.2) is 10.8 Å². The molecule has 10 heteroatoms. The molecular formula is C38H39N5O4S. The number of nitrogens with one attached hydrogen (secondary N) is 2. The van der Waals surface area contributed by atoms with Gasteiger partial charge >= 0.3 is 5.97 Å². The number of carbonyl (C=O) groups excluding carboxylic acids is 1. The number of ether oxygens (including phenoxy) is 1. The first-order chi connectivity index (χ1) is 23.4. The molecule has 4 heterocycles. The second-order valence-corrected chi connectivity index (χ2v) is 13.6. The summed E-state index contributed by atoms with van der Waals surface area (Å²) in [5.74, 6) is 0.777. The van der Waals surface area contributed by atoms with Crippen LogP contribution >= 0.6 is 11.3 Å². The van der Waals surface area contributed by atoms with Crippen molar-refractivity contribution in [3.05, 3.63) is 101 Å². The molecule has 246 valence electrons. The summed E-state index contributed by atoms with van der Waals surface area (Å²) in [7, 11) is 0. The number of hydrogen-bond donors (Lipinski definition) is 3. The lowest BCUT2D eigenvalue weighted by Crippen LogP contribution is -2.33. The number of pyridine rings is 1. The number of piperidine rings is 1. The molecule has 5 aromatic rings. The molecule has 2 aliphatic rings. The highest BCUT2D eigenvalue weighted by atomic mass is 32.1. The van der Waals surface area contributed by atoms with Gasteiger partial charge in [-0.1, -0.05) is 47.7 Å². The largest absolute Gasteiger partial charge is 0.493 e. The number of carboxylic acids is 1. The second kappa shape index (κ2) is 14.1. The van der Waals surface area contributed by atoms with Gasteiger partial charge in [0.2, 0.25) is 0 Å². The Bertz CT molecular complexity index is 1940. The first-order valence-corrected chi connectivity index (χ1v) is 17.5. The molecule has 0 bridgehead atoms. The fourth-order valence-electron chi connectivity index (χ4n) is 6.87. The van der Waals surface area contributed by atoms with E-state index >= 15 is 0 Å². The lowest BCUT2D eigenvalue weighted by Gasteiger charge is -2.31. The number of benzene rings is 3. The molecule has 1 amide bonds. The van der Waals surface area contributed by atoms with Crippen molar-refractivity contribution in [3.8, 4) is 16.9 Å². The average molecular weight is 662 g/mol. The first-order valence-electron chi connectivity index (χ1n) is 16.6. The summed E-state index contributed by atoms with van der Waals surface area (Å²) in [6, 6.07) is 23.1. The maximum Gasteiger partial charge on any atom is 0.355 e. The third-order valence-electron chi connectivity index (χ3n) is 9.49. The Morgan fingerprint density at radius 2 is 1.83 bits per heavy atom. The molecule has 2 aliphatic heterocycles. The average Bonchev–Trinajstić information content (AvgIpc) is 3.53. The van der Waals surface area contributed by atoms with Crippen molar-refractivity contribution in [2.24, 2.45) is 5.92 Å². The molecule has 7 rings (SSSR count). The van der Waals surface area contributed by atoms with Gasteiger partial charge in [-0.15, -0.1) is 0 Å². The molecule has 0 unspecified atom stereocenters. The molecule has 3 aromatic carbocycles. The Labute approximate surface area is 284 Å². The number of rotatable bonds is 10. The number of amides is 1. The van der Waals surface area contributed by atoms with Crippen molar-refractivity contribution < 1.29 is 19.4 Å². The molecule has 9 nitrogen and oxygen atoms in total. The topological polar surface area (TPSA) is 117 Å². The van der Waals surface area contributed by atoms with Gasteiger partial charge in [0.05, 0.1) is 16.8 Å². The van der Waals surface area contributed by atoms with Crippen LogP contribution in [0.25, 0.3) is 21.3 Å². The molecule has 0 radical (unpaired) electrons. The molecule has 0 aliphatic carbocycles. The third-order valence-corrected chi connectivity index (χ3v) is 10.4. The predicted octanol–water partition coefficient (Wildman–Crippen LogP) is 7.34. The van der Waals surface area contributed by atoms with Crippen LogP contribution < -0.4 is 20.3 Å². The van der Waals surface area contributed by atoms with Gasteiger partial charge in [-0.2, -0.15) is 0 Å². The Morgan fingerprint density at radius 1 is 1.00 bits per heavy atom. The van der Waals surface area contributed by atoms with Crippen LogP contribution in [0.3, 0.4) is 0 Å². The zero-order chi connectivity index (χ0) is 33.0. The number of fused-ring (bicyclic) bond motifs is 2. The number of aromatic carboxylic acids is 1. The van der Waals surface area contributed by atoms with E-state index in [0.717, 1.165) is 70.1 Å². The van der Waals surface area contributed by atoms with E-state index in [1.807, 2.05) is 84.6 Å². The summed E-state index contributed by atoms with van der Waals surface area (Å²) in [6.07, 6.45) is 5.31. The minimum absolute atomic E-state index is 0.00804. The number of hydrogen-bond acceptors (Lipinski definition) is 8. The highest BCUT2D eigenvalue weighted by molar-refractivity contribution is 7.22. The number of anilines is 2. The summed E-state index contributed by atoms with van der Waals surface area (Å²) in [5, 5.41) is 17.3. The molecule has 2 aromatic heterocycles. The number of aromatic nitrogens is 2. The van der Waals surface area contributed by atoms with Crippen LogP contribution in [0.2, 0.25) is 0 Å². The zero-order valence-electron chi connectivity index (χ0n) is 27.0. The summed E-state index contributed by atoms with van der Waals surface area (Å²) in [5.41, 5.74) is 5.66. The van der Waals surface area contributed by atoms with Gasteiger partial charge in [0.1, 0.15) is 11.6 Å². The normalized spacial score (nSPS) is 14.9. The number of nitrogens with zero attached hydrogens (tertiary/aromatic N) is 3. The first kappa shape index (κ1) is 31.8. The number of carbonyl (C=O) groups is 2. The van der Waals surface area contributed by atoms with Crippen LogP contribution in [0.1, 0.15) is 63.2 Å². The number of thiazole rings is 1. The van der Waals surface area contributed by atoms with Gasteiger partial charge < -0.3 is 20.1 Å². The second-order valence-electron chi connectivity index (χ2n) is 12.5. The van der Waals surface area contributed by atoms with Crippen molar-refractivity contribution in [2.75, 3.05) is 36.5 Å². The predicted molar refractivity (Wildman–Crippen MR) is 190 cm³/mol. The molecule has 0 saturated carbocycles. The molecule has 1 saturated heterocycles. The van der Waals surface area contributed by atoms with Crippen molar-refractivity contribution in [2.45, 2.75) is 45.6 Å². The Balaban J connectivity index is 1.08. The molecule has 1 fully saturated rings. The van der Waals surface area contributed by atoms with Gasteiger partial charge in [-0.3, -0.25) is 10.1 Å². The molecule has 3 N–H and O–H groups in total.